The van der Waals surface area contributed by atoms with Crippen LogP contribution in [0.1, 0.15) is 30.5 Å². The number of benzene rings is 2. The normalized spacial score (nSPS) is 15.0. The lowest BCUT2D eigenvalue weighted by atomic mass is 9.91. The molecule has 0 radical (unpaired) electrons. The lowest BCUT2D eigenvalue weighted by Gasteiger charge is -2.33. The van der Waals surface area contributed by atoms with Crippen molar-refractivity contribution < 1.29 is 0 Å². The number of aromatic nitrogens is 3. The van der Waals surface area contributed by atoms with Crippen LogP contribution in [0.25, 0.3) is 16.9 Å². The van der Waals surface area contributed by atoms with Crippen LogP contribution in [0.5, 0.6) is 0 Å². The van der Waals surface area contributed by atoms with Gasteiger partial charge in [0.05, 0.1) is 17.6 Å². The molecule has 0 spiro atoms. The summed E-state index contributed by atoms with van der Waals surface area (Å²) in [5.41, 5.74) is 7.12. The Kier molecular flexibility index (Phi) is 5.22. The molecule has 4 heteroatoms. The number of rotatable bonds is 5. The van der Waals surface area contributed by atoms with E-state index >= 15 is 0 Å². The number of imidazole rings is 1. The molecule has 0 amide bonds. The van der Waals surface area contributed by atoms with Gasteiger partial charge in [0.25, 0.3) is 0 Å². The predicted molar refractivity (Wildman–Crippen MR) is 123 cm³/mol. The Bertz CT molecular complexity index is 1120. The molecule has 3 heterocycles. The number of hydrogen-bond donors (Lipinski definition) is 0. The Morgan fingerprint density at radius 2 is 1.80 bits per heavy atom. The van der Waals surface area contributed by atoms with E-state index in [1.807, 2.05) is 24.7 Å². The van der Waals surface area contributed by atoms with Crippen LogP contribution in [0.15, 0.2) is 73.2 Å². The number of anilines is 1. The molecule has 30 heavy (non-hydrogen) atoms. The van der Waals surface area contributed by atoms with Crippen molar-refractivity contribution in [3.63, 3.8) is 0 Å². The van der Waals surface area contributed by atoms with Crippen molar-refractivity contribution >= 4 is 11.3 Å². The first-order valence-electron chi connectivity index (χ1n) is 11.0. The van der Waals surface area contributed by atoms with E-state index in [1.54, 1.807) is 0 Å². The molecule has 4 nitrogen and oxygen atoms in total. The van der Waals surface area contributed by atoms with Crippen molar-refractivity contribution in [1.82, 2.24) is 14.4 Å². The maximum Gasteiger partial charge on any atom is 0.159 e. The predicted octanol–water partition coefficient (Wildman–Crippen LogP) is 5.55. The molecule has 152 valence electrons. The first kappa shape index (κ1) is 18.9. The lowest BCUT2D eigenvalue weighted by molar-refractivity contribution is 0.381. The molecule has 0 saturated carbocycles. The van der Waals surface area contributed by atoms with Crippen molar-refractivity contribution in [3.05, 3.63) is 84.4 Å². The Labute approximate surface area is 178 Å². The van der Waals surface area contributed by atoms with Gasteiger partial charge in [-0.3, -0.25) is 9.38 Å². The summed E-state index contributed by atoms with van der Waals surface area (Å²) in [5.74, 6) is 0.761. The summed E-state index contributed by atoms with van der Waals surface area (Å²) in [4.78, 5) is 11.9. The summed E-state index contributed by atoms with van der Waals surface area (Å²) >= 11 is 0. The van der Waals surface area contributed by atoms with E-state index in [0.29, 0.717) is 0 Å². The van der Waals surface area contributed by atoms with Gasteiger partial charge >= 0.3 is 0 Å². The van der Waals surface area contributed by atoms with Crippen LogP contribution in [-0.2, 0) is 6.42 Å². The highest BCUT2D eigenvalue weighted by Crippen LogP contribution is 2.28. The van der Waals surface area contributed by atoms with Gasteiger partial charge < -0.3 is 4.90 Å². The molecule has 5 rings (SSSR count). The summed E-state index contributed by atoms with van der Waals surface area (Å²) in [6, 6.07) is 19.3. The molecule has 1 fully saturated rings. The minimum Gasteiger partial charge on any atom is -0.372 e. The van der Waals surface area contributed by atoms with E-state index in [9.17, 15) is 0 Å². The van der Waals surface area contributed by atoms with Gasteiger partial charge in [-0.1, -0.05) is 42.5 Å². The molecule has 1 aliphatic rings. The quantitative estimate of drug-likeness (QED) is 0.443. The minimum atomic E-state index is 0.761. The van der Waals surface area contributed by atoms with E-state index in [1.165, 1.54) is 36.1 Å². The zero-order chi connectivity index (χ0) is 20.3. The van der Waals surface area contributed by atoms with E-state index in [2.05, 4.69) is 69.7 Å². The number of nitrogens with zero attached hydrogens (tertiary/aromatic N) is 4. The summed E-state index contributed by atoms with van der Waals surface area (Å²) in [6.07, 6.45) is 10.6. The smallest absolute Gasteiger partial charge is 0.159 e. The second kappa shape index (κ2) is 8.31. The van der Waals surface area contributed by atoms with Gasteiger partial charge in [0.2, 0.25) is 0 Å². The topological polar surface area (TPSA) is 33.4 Å². The van der Waals surface area contributed by atoms with Crippen LogP contribution in [-0.4, -0.2) is 27.5 Å². The molecule has 2 aromatic heterocycles. The molecule has 0 N–H and O–H groups in total. The second-order valence-electron chi connectivity index (χ2n) is 8.39. The SMILES string of the molecule is Cc1cccc(N2CCC(CCc3nccn4c(-c5ccccc5)cnc34)CC2)c1. The highest BCUT2D eigenvalue weighted by Gasteiger charge is 2.20. The zero-order valence-corrected chi connectivity index (χ0v) is 17.5. The van der Waals surface area contributed by atoms with Crippen molar-refractivity contribution in [2.45, 2.75) is 32.6 Å². The number of piperidine rings is 1. The monoisotopic (exact) mass is 396 g/mol. The molecule has 2 aromatic carbocycles. The first-order chi connectivity index (χ1) is 14.8. The number of hydrogen-bond acceptors (Lipinski definition) is 3. The Morgan fingerprint density at radius 3 is 2.60 bits per heavy atom. The molecule has 0 bridgehead atoms. The van der Waals surface area contributed by atoms with E-state index in [0.717, 1.165) is 42.5 Å². The highest BCUT2D eigenvalue weighted by molar-refractivity contribution is 5.64. The molecule has 0 aliphatic carbocycles. The van der Waals surface area contributed by atoms with Gasteiger partial charge in [-0.25, -0.2) is 4.98 Å². The van der Waals surface area contributed by atoms with E-state index < -0.39 is 0 Å². The third kappa shape index (κ3) is 3.82. The molecule has 0 unspecified atom stereocenters. The lowest BCUT2D eigenvalue weighted by Crippen LogP contribution is -2.33. The fraction of sp³-hybridized carbons (Fsp3) is 0.308. The molecule has 0 atom stereocenters. The standard InChI is InChI=1S/C26H28N4/c1-20-6-5-9-23(18-20)29-15-12-21(13-16-29)10-11-24-26-28-19-25(30(26)17-14-27-24)22-7-3-2-4-8-22/h2-9,14,17-19,21H,10-13,15-16H2,1H3. The largest absolute Gasteiger partial charge is 0.372 e. The van der Waals surface area contributed by atoms with Crippen LogP contribution in [0.3, 0.4) is 0 Å². The van der Waals surface area contributed by atoms with Crippen LogP contribution in [0.4, 0.5) is 5.69 Å². The third-order valence-corrected chi connectivity index (χ3v) is 6.34. The average molecular weight is 397 g/mol. The second-order valence-corrected chi connectivity index (χ2v) is 8.39. The molecule has 4 aromatic rings. The Hall–Kier alpha value is -3.14. The van der Waals surface area contributed by atoms with Crippen LogP contribution in [0, 0.1) is 12.8 Å². The van der Waals surface area contributed by atoms with Gasteiger partial charge in [0, 0.05) is 36.7 Å². The van der Waals surface area contributed by atoms with Crippen molar-refractivity contribution in [3.8, 4) is 11.3 Å². The molecular formula is C26H28N4. The fourth-order valence-corrected chi connectivity index (χ4v) is 4.62. The summed E-state index contributed by atoms with van der Waals surface area (Å²) < 4.78 is 2.18. The summed E-state index contributed by atoms with van der Waals surface area (Å²) in [6.45, 7) is 4.46. The van der Waals surface area contributed by atoms with E-state index in [-0.39, 0.29) is 0 Å². The Morgan fingerprint density at radius 1 is 0.967 bits per heavy atom. The Balaban J connectivity index is 1.25. The molecular weight excluding hydrogens is 368 g/mol. The maximum absolute atomic E-state index is 4.71. The fourth-order valence-electron chi connectivity index (χ4n) is 4.62. The van der Waals surface area contributed by atoms with Crippen molar-refractivity contribution in [2.24, 2.45) is 5.92 Å². The van der Waals surface area contributed by atoms with Gasteiger partial charge in [-0.05, 0) is 56.2 Å². The van der Waals surface area contributed by atoms with E-state index in [4.69, 9.17) is 4.98 Å². The zero-order valence-electron chi connectivity index (χ0n) is 17.5. The van der Waals surface area contributed by atoms with Gasteiger partial charge in [-0.2, -0.15) is 0 Å². The van der Waals surface area contributed by atoms with Crippen LogP contribution >= 0.6 is 0 Å². The number of aryl methyl sites for hydroxylation is 2. The van der Waals surface area contributed by atoms with Crippen LogP contribution < -0.4 is 4.90 Å². The van der Waals surface area contributed by atoms with Crippen molar-refractivity contribution in [2.75, 3.05) is 18.0 Å². The summed E-state index contributed by atoms with van der Waals surface area (Å²) in [5, 5.41) is 0. The summed E-state index contributed by atoms with van der Waals surface area (Å²) in [7, 11) is 0. The van der Waals surface area contributed by atoms with Gasteiger partial charge in [0.15, 0.2) is 5.65 Å². The van der Waals surface area contributed by atoms with Crippen molar-refractivity contribution in [1.29, 1.82) is 0 Å². The minimum absolute atomic E-state index is 0.761. The highest BCUT2D eigenvalue weighted by atomic mass is 15.1. The molecule has 1 saturated heterocycles. The first-order valence-corrected chi connectivity index (χ1v) is 11.0. The maximum atomic E-state index is 4.71. The van der Waals surface area contributed by atoms with Crippen LogP contribution in [0.2, 0.25) is 0 Å². The average Bonchev–Trinajstić information content (AvgIpc) is 3.23. The third-order valence-electron chi connectivity index (χ3n) is 6.34. The number of fused-ring (bicyclic) bond motifs is 1. The van der Waals surface area contributed by atoms with Gasteiger partial charge in [0.1, 0.15) is 0 Å². The van der Waals surface area contributed by atoms with Gasteiger partial charge in [-0.15, -0.1) is 0 Å². The molecule has 1 aliphatic heterocycles.